The summed E-state index contributed by atoms with van der Waals surface area (Å²) in [5.74, 6) is 0.259. The van der Waals surface area contributed by atoms with Gasteiger partial charge in [0.15, 0.2) is 0 Å². The second kappa shape index (κ2) is 7.39. The molecule has 2 fully saturated rings. The molecule has 1 saturated heterocycles. The van der Waals surface area contributed by atoms with Crippen molar-refractivity contribution in [1.29, 1.82) is 0 Å². The molecule has 6 nitrogen and oxygen atoms in total. The van der Waals surface area contributed by atoms with Gasteiger partial charge in [0.1, 0.15) is 0 Å². The van der Waals surface area contributed by atoms with Crippen molar-refractivity contribution in [2.24, 2.45) is 5.41 Å². The van der Waals surface area contributed by atoms with Crippen molar-refractivity contribution >= 4 is 16.9 Å². The molecule has 1 saturated carbocycles. The van der Waals surface area contributed by atoms with Crippen LogP contribution < -0.4 is 5.69 Å². The van der Waals surface area contributed by atoms with Gasteiger partial charge in [0.2, 0.25) is 5.91 Å². The van der Waals surface area contributed by atoms with Crippen molar-refractivity contribution in [3.05, 3.63) is 34.7 Å². The molecule has 28 heavy (non-hydrogen) atoms. The van der Waals surface area contributed by atoms with E-state index in [4.69, 9.17) is 0 Å². The van der Waals surface area contributed by atoms with Gasteiger partial charge in [-0.15, -0.1) is 0 Å². The number of benzene rings is 1. The van der Waals surface area contributed by atoms with Crippen molar-refractivity contribution in [1.82, 2.24) is 19.4 Å². The van der Waals surface area contributed by atoms with Crippen molar-refractivity contribution in [3.8, 4) is 0 Å². The maximum atomic E-state index is 12.5. The lowest BCUT2D eigenvalue weighted by Gasteiger charge is -2.43. The minimum atomic E-state index is -0.299. The summed E-state index contributed by atoms with van der Waals surface area (Å²) in [7, 11) is 0. The number of hydrogen-bond donors (Lipinski definition) is 1. The van der Waals surface area contributed by atoms with Gasteiger partial charge in [0.05, 0.1) is 11.0 Å². The lowest BCUT2D eigenvalue weighted by Crippen LogP contribution is -2.54. The van der Waals surface area contributed by atoms with Gasteiger partial charge in [-0.25, -0.2) is 4.79 Å². The maximum absolute atomic E-state index is 12.5. The van der Waals surface area contributed by atoms with Gasteiger partial charge in [-0.05, 0) is 37.8 Å². The van der Waals surface area contributed by atoms with Crippen molar-refractivity contribution in [3.63, 3.8) is 0 Å². The van der Waals surface area contributed by atoms with Crippen molar-refractivity contribution in [2.45, 2.75) is 58.5 Å². The molecule has 0 radical (unpaired) electrons. The fourth-order valence-corrected chi connectivity index (χ4v) is 4.88. The number of carbonyl (C=O) groups excluding carboxylic acids is 1. The van der Waals surface area contributed by atoms with E-state index >= 15 is 0 Å². The number of aromatic nitrogens is 2. The van der Waals surface area contributed by atoms with Gasteiger partial charge in [-0.3, -0.25) is 14.3 Å². The molecule has 4 rings (SSSR count). The fraction of sp³-hybridized carbons (Fsp3) is 0.636. The van der Waals surface area contributed by atoms with Crippen LogP contribution in [0.4, 0.5) is 0 Å². The van der Waals surface area contributed by atoms with E-state index in [0.29, 0.717) is 6.04 Å². The number of nitrogens with one attached hydrogen (secondary N) is 1. The Morgan fingerprint density at radius 1 is 0.964 bits per heavy atom. The van der Waals surface area contributed by atoms with E-state index < -0.39 is 0 Å². The molecule has 0 spiro atoms. The maximum Gasteiger partial charge on any atom is 0.326 e. The number of H-pyrrole nitrogens is 1. The largest absolute Gasteiger partial charge is 0.340 e. The van der Waals surface area contributed by atoms with Gasteiger partial charge in [0.25, 0.3) is 0 Å². The summed E-state index contributed by atoms with van der Waals surface area (Å²) in [6, 6.07) is 8.81. The Morgan fingerprint density at radius 3 is 2.21 bits per heavy atom. The van der Waals surface area contributed by atoms with Crippen LogP contribution in [0, 0.1) is 5.41 Å². The Labute approximate surface area is 166 Å². The first-order valence-electron chi connectivity index (χ1n) is 10.6. The molecule has 0 unspecified atom stereocenters. The van der Waals surface area contributed by atoms with E-state index in [1.165, 1.54) is 0 Å². The van der Waals surface area contributed by atoms with Crippen LogP contribution in [0.25, 0.3) is 11.0 Å². The van der Waals surface area contributed by atoms with Gasteiger partial charge < -0.3 is 9.88 Å². The van der Waals surface area contributed by atoms with Crippen molar-refractivity contribution < 1.29 is 4.79 Å². The molecule has 0 bridgehead atoms. The number of piperazine rings is 1. The summed E-state index contributed by atoms with van der Waals surface area (Å²) in [5.41, 5.74) is 1.66. The Hall–Kier alpha value is -2.08. The van der Waals surface area contributed by atoms with Crippen LogP contribution in [-0.2, 0) is 4.79 Å². The summed E-state index contributed by atoms with van der Waals surface area (Å²) in [4.78, 5) is 32.5. The standard InChI is InChI=1S/C22H32N4O2/c1-22(2,3)20(27)25-14-12-24(13-15-25)16-8-10-17(11-9-16)26-19-7-5-4-6-18(19)23-21(26)28/h4-7,16-17H,8-15H2,1-3H3,(H,23,28)/t16-,17-. The molecule has 1 aliphatic heterocycles. The van der Waals surface area contributed by atoms with Crippen LogP contribution in [0.1, 0.15) is 52.5 Å². The Morgan fingerprint density at radius 2 is 1.57 bits per heavy atom. The zero-order chi connectivity index (χ0) is 19.9. The van der Waals surface area contributed by atoms with Gasteiger partial charge in [0, 0.05) is 43.7 Å². The predicted octanol–water partition coefficient (Wildman–Crippen LogP) is 3.00. The zero-order valence-electron chi connectivity index (χ0n) is 17.3. The highest BCUT2D eigenvalue weighted by Crippen LogP contribution is 2.32. The minimum absolute atomic E-state index is 0.0129. The summed E-state index contributed by atoms with van der Waals surface area (Å²) in [5, 5.41) is 0. The number of fused-ring (bicyclic) bond motifs is 1. The third-order valence-corrected chi connectivity index (χ3v) is 6.41. The molecule has 1 aromatic heterocycles. The zero-order valence-corrected chi connectivity index (χ0v) is 17.3. The first-order chi connectivity index (χ1) is 13.3. The third-order valence-electron chi connectivity index (χ3n) is 6.41. The van der Waals surface area contributed by atoms with E-state index in [1.807, 2.05) is 54.5 Å². The third kappa shape index (κ3) is 3.62. The van der Waals surface area contributed by atoms with Crippen LogP contribution in [-0.4, -0.2) is 57.5 Å². The molecule has 0 atom stereocenters. The predicted molar refractivity (Wildman–Crippen MR) is 111 cm³/mol. The van der Waals surface area contributed by atoms with E-state index in [1.54, 1.807) is 0 Å². The smallest absolute Gasteiger partial charge is 0.326 e. The van der Waals surface area contributed by atoms with Crippen LogP contribution >= 0.6 is 0 Å². The lowest BCUT2D eigenvalue weighted by atomic mass is 9.89. The summed E-state index contributed by atoms with van der Waals surface area (Å²) < 4.78 is 1.96. The molecular weight excluding hydrogens is 352 g/mol. The van der Waals surface area contributed by atoms with Gasteiger partial charge in [-0.1, -0.05) is 32.9 Å². The highest BCUT2D eigenvalue weighted by Gasteiger charge is 2.33. The van der Waals surface area contributed by atoms with E-state index in [2.05, 4.69) is 9.88 Å². The Kier molecular flexibility index (Phi) is 5.08. The molecule has 1 amide bonds. The number of imidazole rings is 1. The number of carbonyl (C=O) groups is 1. The monoisotopic (exact) mass is 384 g/mol. The molecule has 1 N–H and O–H groups in total. The van der Waals surface area contributed by atoms with Crippen LogP contribution in [0.5, 0.6) is 0 Å². The van der Waals surface area contributed by atoms with Gasteiger partial charge >= 0.3 is 5.69 Å². The minimum Gasteiger partial charge on any atom is -0.340 e. The fourth-order valence-electron chi connectivity index (χ4n) is 4.88. The van der Waals surface area contributed by atoms with E-state index in [-0.39, 0.29) is 23.1 Å². The number of hydrogen-bond acceptors (Lipinski definition) is 3. The lowest BCUT2D eigenvalue weighted by molar-refractivity contribution is -0.141. The van der Waals surface area contributed by atoms with E-state index in [0.717, 1.165) is 62.9 Å². The van der Waals surface area contributed by atoms with E-state index in [9.17, 15) is 9.59 Å². The molecule has 2 aromatic rings. The summed E-state index contributed by atoms with van der Waals surface area (Å²) >= 11 is 0. The number of amides is 1. The summed E-state index contributed by atoms with van der Waals surface area (Å²) in [6.45, 7) is 9.57. The molecule has 2 heterocycles. The topological polar surface area (TPSA) is 61.3 Å². The molecule has 1 aromatic carbocycles. The van der Waals surface area contributed by atoms with Crippen molar-refractivity contribution in [2.75, 3.05) is 26.2 Å². The van der Waals surface area contributed by atoms with Gasteiger partial charge in [-0.2, -0.15) is 0 Å². The second-order valence-corrected chi connectivity index (χ2v) is 9.36. The first kappa shape index (κ1) is 19.2. The number of aromatic amines is 1. The SMILES string of the molecule is CC(C)(C)C(=O)N1CCN([C@H]2CC[C@H](n3c(=O)[nH]c4ccccc43)CC2)CC1. The first-order valence-corrected chi connectivity index (χ1v) is 10.6. The highest BCUT2D eigenvalue weighted by atomic mass is 16.2. The van der Waals surface area contributed by atoms with Crippen LogP contribution in [0.2, 0.25) is 0 Å². The summed E-state index contributed by atoms with van der Waals surface area (Å²) in [6.07, 6.45) is 4.30. The average molecular weight is 385 g/mol. The quantitative estimate of drug-likeness (QED) is 0.866. The number of nitrogens with zero attached hydrogens (tertiary/aromatic N) is 3. The molecule has 6 heteroatoms. The molecular formula is C22H32N4O2. The Balaban J connectivity index is 1.36. The van der Waals surface area contributed by atoms with Crippen LogP contribution in [0.15, 0.2) is 29.1 Å². The number of rotatable bonds is 2. The highest BCUT2D eigenvalue weighted by molar-refractivity contribution is 5.81. The average Bonchev–Trinajstić information content (AvgIpc) is 3.02. The van der Waals surface area contributed by atoms with Crippen LogP contribution in [0.3, 0.4) is 0 Å². The molecule has 2 aliphatic rings. The molecule has 152 valence electrons. The normalized spacial score (nSPS) is 24.6. The second-order valence-electron chi connectivity index (χ2n) is 9.36. The number of para-hydroxylation sites is 2. The Bertz CT molecular complexity index is 891. The molecule has 1 aliphatic carbocycles.